The lowest BCUT2D eigenvalue weighted by atomic mass is 10.1. The summed E-state index contributed by atoms with van der Waals surface area (Å²) in [5, 5.41) is 23.2. The van der Waals surface area contributed by atoms with Crippen molar-refractivity contribution < 1.29 is 46.9 Å². The molecular weight excluding hydrogens is 783 g/mol. The number of carbonyl (C=O) groups is 4. The van der Waals surface area contributed by atoms with Crippen LogP contribution >= 0.6 is 66.5 Å². The average molecular weight is 824 g/mol. The van der Waals surface area contributed by atoms with Gasteiger partial charge in [0.05, 0.1) is 18.1 Å². The standard InChI is InChI=1S/C26H40Cl4N5O10PS.ClH/c27-8-12-34(13-9-28)46(42,35(14-10-29)15-11-30)45-16-17-47(43,44)18-21(32-22(36)7-6-20(31)25(38)39)24(37)33-23(26(40)41)19-4-2-1-3-5-19;/h1-5,20-21,23H,6-18,31H2,(H,32,36)(H,33,37)(H,38,39)(H,40,41);1H. The van der Waals surface area contributed by atoms with Crippen LogP contribution in [0.15, 0.2) is 30.3 Å². The molecular formula is C26H41Cl5N5O10PS. The number of benzene rings is 1. The number of hydrogen-bond acceptors (Lipinski definition) is 9. The van der Waals surface area contributed by atoms with Gasteiger partial charge in [-0.2, -0.15) is 0 Å². The van der Waals surface area contributed by atoms with Gasteiger partial charge in [0.2, 0.25) is 11.8 Å². The van der Waals surface area contributed by atoms with Crippen LogP contribution in [-0.2, 0) is 38.1 Å². The van der Waals surface area contributed by atoms with E-state index in [9.17, 15) is 37.3 Å². The van der Waals surface area contributed by atoms with Crippen molar-refractivity contribution in [2.45, 2.75) is 31.0 Å². The number of nitrogens with one attached hydrogen (secondary N) is 2. The van der Waals surface area contributed by atoms with E-state index >= 15 is 0 Å². The summed E-state index contributed by atoms with van der Waals surface area (Å²) in [5.41, 5.74) is 5.61. The summed E-state index contributed by atoms with van der Waals surface area (Å²) in [6, 6.07) is 2.77. The number of sulfone groups is 1. The van der Waals surface area contributed by atoms with Crippen LogP contribution in [0.1, 0.15) is 24.4 Å². The molecule has 22 heteroatoms. The van der Waals surface area contributed by atoms with Crippen molar-refractivity contribution in [1.82, 2.24) is 20.0 Å². The van der Waals surface area contributed by atoms with E-state index in [1.54, 1.807) is 6.07 Å². The molecule has 1 aromatic carbocycles. The number of amides is 2. The fraction of sp³-hybridized carbons (Fsp3) is 0.615. The lowest BCUT2D eigenvalue weighted by Gasteiger charge is -2.37. The van der Waals surface area contributed by atoms with Gasteiger partial charge in [-0.25, -0.2) is 22.6 Å². The van der Waals surface area contributed by atoms with Gasteiger partial charge in [-0.1, -0.05) is 30.3 Å². The second-order valence-electron chi connectivity index (χ2n) is 9.90. The largest absolute Gasteiger partial charge is 0.480 e. The number of halogens is 5. The van der Waals surface area contributed by atoms with Gasteiger partial charge in [-0.15, -0.1) is 58.8 Å². The van der Waals surface area contributed by atoms with Gasteiger partial charge in [0.25, 0.3) is 0 Å². The van der Waals surface area contributed by atoms with Gasteiger partial charge in [0, 0.05) is 56.1 Å². The molecule has 0 saturated carbocycles. The van der Waals surface area contributed by atoms with Crippen molar-refractivity contribution in [3.63, 3.8) is 0 Å². The molecule has 0 saturated heterocycles. The van der Waals surface area contributed by atoms with Crippen LogP contribution in [0.4, 0.5) is 0 Å². The fourth-order valence-electron chi connectivity index (χ4n) is 4.12. The molecule has 0 spiro atoms. The van der Waals surface area contributed by atoms with Crippen LogP contribution in [0.5, 0.6) is 0 Å². The number of nitrogens with zero attached hydrogens (tertiary/aromatic N) is 2. The molecule has 0 aliphatic carbocycles. The minimum absolute atomic E-state index is 0. The highest BCUT2D eigenvalue weighted by molar-refractivity contribution is 7.91. The van der Waals surface area contributed by atoms with Gasteiger partial charge in [0.1, 0.15) is 12.1 Å². The SMILES string of the molecule is Cl.NC(CCC(=O)NC(CS(=O)(=O)CCOP(=O)(N(CCCl)CCCl)N(CCCl)CCCl)C(=O)NC(C(=O)O)c1ccccc1)C(=O)O. The molecule has 3 unspecified atom stereocenters. The molecule has 0 aliphatic heterocycles. The van der Waals surface area contributed by atoms with Crippen molar-refractivity contribution in [2.75, 3.05) is 67.8 Å². The van der Waals surface area contributed by atoms with E-state index in [0.717, 1.165) is 0 Å². The van der Waals surface area contributed by atoms with Crippen LogP contribution in [0.25, 0.3) is 0 Å². The minimum Gasteiger partial charge on any atom is -0.480 e. The van der Waals surface area contributed by atoms with E-state index in [1.807, 2.05) is 0 Å². The molecule has 2 amide bonds. The molecule has 1 aromatic rings. The van der Waals surface area contributed by atoms with Gasteiger partial charge in [-0.3, -0.25) is 18.9 Å². The Morgan fingerprint density at radius 2 is 1.38 bits per heavy atom. The highest BCUT2D eigenvalue weighted by atomic mass is 35.5. The summed E-state index contributed by atoms with van der Waals surface area (Å²) < 4.78 is 49.2. The third-order valence-corrected chi connectivity index (χ3v) is 11.5. The van der Waals surface area contributed by atoms with E-state index in [2.05, 4.69) is 10.6 Å². The van der Waals surface area contributed by atoms with Crippen LogP contribution in [-0.4, -0.2) is 132 Å². The lowest BCUT2D eigenvalue weighted by molar-refractivity contribution is -0.142. The highest BCUT2D eigenvalue weighted by Gasteiger charge is 2.39. The molecule has 276 valence electrons. The fourth-order valence-corrected chi connectivity index (χ4v) is 9.20. The smallest absolute Gasteiger partial charge is 0.346 e. The predicted molar refractivity (Wildman–Crippen MR) is 187 cm³/mol. The van der Waals surface area contributed by atoms with Crippen LogP contribution < -0.4 is 16.4 Å². The van der Waals surface area contributed by atoms with Crippen LogP contribution in [0.3, 0.4) is 0 Å². The third kappa shape index (κ3) is 16.1. The Morgan fingerprint density at radius 3 is 1.81 bits per heavy atom. The molecule has 0 fully saturated rings. The van der Waals surface area contributed by atoms with Gasteiger partial charge < -0.3 is 31.1 Å². The number of aliphatic carboxylic acids is 2. The maximum Gasteiger partial charge on any atom is 0.346 e. The third-order valence-electron chi connectivity index (χ3n) is 6.48. The molecule has 3 atom stereocenters. The Balaban J connectivity index is 0.0000221. The molecule has 0 aromatic heterocycles. The first-order valence-electron chi connectivity index (χ1n) is 14.2. The topological polar surface area (TPSA) is 226 Å². The number of nitrogens with two attached hydrogens (primary N) is 1. The zero-order chi connectivity index (χ0) is 35.6. The van der Waals surface area contributed by atoms with E-state index in [-0.39, 0.29) is 74.1 Å². The molecule has 0 aliphatic rings. The molecule has 1 rings (SSSR count). The molecule has 0 heterocycles. The van der Waals surface area contributed by atoms with Crippen molar-refractivity contribution in [3.05, 3.63) is 35.9 Å². The Bertz CT molecular complexity index is 1290. The van der Waals surface area contributed by atoms with E-state index in [1.165, 1.54) is 33.6 Å². The molecule has 15 nitrogen and oxygen atoms in total. The quantitative estimate of drug-likeness (QED) is 0.0705. The second-order valence-corrected chi connectivity index (χ2v) is 16.0. The Morgan fingerprint density at radius 1 is 0.875 bits per heavy atom. The number of alkyl halides is 4. The summed E-state index contributed by atoms with van der Waals surface area (Å²) in [7, 11) is -8.26. The van der Waals surface area contributed by atoms with Crippen LogP contribution in [0.2, 0.25) is 0 Å². The van der Waals surface area contributed by atoms with Crippen molar-refractivity contribution in [3.8, 4) is 0 Å². The minimum atomic E-state index is -4.29. The first kappa shape index (κ1) is 46.6. The first-order valence-corrected chi connectivity index (χ1v) is 19.7. The maximum absolute atomic E-state index is 14.2. The summed E-state index contributed by atoms with van der Waals surface area (Å²) in [6.07, 6.45) is -0.798. The summed E-state index contributed by atoms with van der Waals surface area (Å²) in [5.74, 6) is -6.46. The van der Waals surface area contributed by atoms with Gasteiger partial charge >= 0.3 is 19.6 Å². The van der Waals surface area contributed by atoms with E-state index in [4.69, 9.17) is 61.8 Å². The predicted octanol–water partition coefficient (Wildman–Crippen LogP) is 2.13. The van der Waals surface area contributed by atoms with E-state index < -0.39 is 83.9 Å². The molecule has 0 radical (unpaired) electrons. The summed E-state index contributed by atoms with van der Waals surface area (Å²) in [6.45, 7) is -0.327. The highest BCUT2D eigenvalue weighted by Crippen LogP contribution is 2.54. The zero-order valence-corrected chi connectivity index (χ0v) is 31.3. The Kier molecular flexibility index (Phi) is 23.2. The number of carbonyl (C=O) groups excluding carboxylic acids is 2. The zero-order valence-electron chi connectivity index (χ0n) is 25.7. The normalized spacial score (nSPS) is 13.7. The Labute approximate surface area is 306 Å². The number of carboxylic acid groups (broad SMARTS) is 2. The number of hydrogen-bond donors (Lipinski definition) is 5. The van der Waals surface area contributed by atoms with Crippen molar-refractivity contribution >= 4 is 100 Å². The monoisotopic (exact) mass is 821 g/mol. The van der Waals surface area contributed by atoms with Gasteiger partial charge in [0.15, 0.2) is 15.9 Å². The maximum atomic E-state index is 14.2. The van der Waals surface area contributed by atoms with Gasteiger partial charge in [-0.05, 0) is 12.0 Å². The Hall–Kier alpha value is -1.43. The number of carboxylic acids is 2. The first-order chi connectivity index (χ1) is 22.1. The van der Waals surface area contributed by atoms with Crippen molar-refractivity contribution in [2.24, 2.45) is 5.73 Å². The van der Waals surface area contributed by atoms with Crippen molar-refractivity contribution in [1.29, 1.82) is 0 Å². The van der Waals surface area contributed by atoms with E-state index in [0.29, 0.717) is 0 Å². The average Bonchev–Trinajstić information content (AvgIpc) is 3.01. The molecule has 6 N–H and O–H groups in total. The lowest BCUT2D eigenvalue weighted by Crippen LogP contribution is -2.52. The summed E-state index contributed by atoms with van der Waals surface area (Å²) in [4.78, 5) is 48.9. The molecule has 48 heavy (non-hydrogen) atoms. The molecule has 0 bridgehead atoms. The number of rotatable bonds is 25. The second kappa shape index (κ2) is 23.9. The van der Waals surface area contributed by atoms with Crippen LogP contribution in [0, 0.1) is 0 Å². The summed E-state index contributed by atoms with van der Waals surface area (Å²) >= 11 is 23.6.